The second-order valence-electron chi connectivity index (χ2n) is 7.07. The van der Waals surface area contributed by atoms with Gasteiger partial charge in [-0.05, 0) is 41.8 Å². The summed E-state index contributed by atoms with van der Waals surface area (Å²) in [6, 6.07) is 13.9. The van der Waals surface area contributed by atoms with Crippen LogP contribution in [0.25, 0.3) is 0 Å². The van der Waals surface area contributed by atoms with Crippen LogP contribution in [0.2, 0.25) is 5.02 Å². The van der Waals surface area contributed by atoms with Gasteiger partial charge < -0.3 is 19.9 Å². The van der Waals surface area contributed by atoms with Crippen molar-refractivity contribution in [3.8, 4) is 11.5 Å². The van der Waals surface area contributed by atoms with Crippen molar-refractivity contribution in [3.05, 3.63) is 58.6 Å². The Kier molecular flexibility index (Phi) is 8.48. The smallest absolute Gasteiger partial charge is 0.394 e. The van der Waals surface area contributed by atoms with E-state index in [2.05, 4.69) is 11.4 Å². The summed E-state index contributed by atoms with van der Waals surface area (Å²) >= 11 is 6.00. The number of hydrogen-bond acceptors (Lipinski definition) is 6. The minimum atomic E-state index is -4.67. The van der Waals surface area contributed by atoms with Crippen molar-refractivity contribution >= 4 is 22.0 Å². The Morgan fingerprint density at radius 3 is 2.23 bits per heavy atom. The topological polar surface area (TPSA) is 125 Å². The van der Waals surface area contributed by atoms with Gasteiger partial charge in [0.05, 0.1) is 20.8 Å². The van der Waals surface area contributed by atoms with Gasteiger partial charge in [-0.15, -0.1) is 0 Å². The molecule has 1 aliphatic rings. The van der Waals surface area contributed by atoms with Gasteiger partial charge in [-0.2, -0.15) is 8.42 Å². The highest BCUT2D eigenvalue weighted by Gasteiger charge is 2.43. The molecule has 0 bridgehead atoms. The molecule has 1 heterocycles. The van der Waals surface area contributed by atoms with Crippen LogP contribution in [0.15, 0.2) is 42.5 Å². The summed E-state index contributed by atoms with van der Waals surface area (Å²) in [7, 11) is -1.39. The Morgan fingerprint density at radius 2 is 1.70 bits per heavy atom. The molecule has 2 unspecified atom stereocenters. The predicted octanol–water partition coefficient (Wildman–Crippen LogP) is 2.61. The molecule has 0 spiro atoms. The Balaban J connectivity index is 0.000000575. The molecule has 0 aromatic heterocycles. The molecule has 3 rings (SSSR count). The predicted molar refractivity (Wildman–Crippen MR) is 114 cm³/mol. The Labute approximate surface area is 181 Å². The maximum absolute atomic E-state index is 10.3. The number of aliphatic hydroxyl groups excluding tert-OH is 1. The van der Waals surface area contributed by atoms with E-state index in [-0.39, 0.29) is 17.9 Å². The van der Waals surface area contributed by atoms with E-state index < -0.39 is 10.4 Å². The van der Waals surface area contributed by atoms with Gasteiger partial charge in [-0.3, -0.25) is 9.11 Å². The van der Waals surface area contributed by atoms with Crippen molar-refractivity contribution in [2.75, 3.05) is 33.9 Å². The fourth-order valence-corrected chi connectivity index (χ4v) is 3.89. The lowest BCUT2D eigenvalue weighted by molar-refractivity contribution is 0.126. The number of benzene rings is 2. The molecule has 0 radical (unpaired) electrons. The van der Waals surface area contributed by atoms with Gasteiger partial charge in [0, 0.05) is 29.4 Å². The van der Waals surface area contributed by atoms with Gasteiger partial charge in [-0.25, -0.2) is 0 Å². The van der Waals surface area contributed by atoms with Crippen molar-refractivity contribution in [2.24, 2.45) is 5.41 Å². The number of ether oxygens (including phenoxy) is 2. The van der Waals surface area contributed by atoms with Gasteiger partial charge >= 0.3 is 10.4 Å². The molecule has 0 aliphatic carbocycles. The summed E-state index contributed by atoms with van der Waals surface area (Å²) in [5, 5.41) is 14.4. The number of hydrogen-bond donors (Lipinski definition) is 4. The number of halogens is 1. The number of nitrogens with one attached hydrogen (secondary N) is 1. The molecule has 10 heteroatoms. The number of aliphatic hydroxyl groups is 1. The molecule has 1 aliphatic heterocycles. The number of methoxy groups -OCH3 is 2. The van der Waals surface area contributed by atoms with Gasteiger partial charge in [0.1, 0.15) is 0 Å². The zero-order valence-electron chi connectivity index (χ0n) is 16.7. The third-order valence-corrected chi connectivity index (χ3v) is 5.41. The molecule has 1 fully saturated rings. The highest BCUT2D eigenvalue weighted by molar-refractivity contribution is 7.79. The van der Waals surface area contributed by atoms with E-state index in [1.807, 2.05) is 36.4 Å². The van der Waals surface area contributed by atoms with Crippen molar-refractivity contribution in [1.82, 2.24) is 5.32 Å². The quantitative estimate of drug-likeness (QED) is 0.486. The van der Waals surface area contributed by atoms with Crippen molar-refractivity contribution in [1.29, 1.82) is 0 Å². The standard InChI is InChI=1S/C20H24ClNO3.H2O4S/c1-24-18-8-5-15(9-19(18)25-2)17-11-22-12-20(17,13-23)10-14-3-6-16(21)7-4-14;1-5(2,3)4/h3-9,17,22-23H,10-13H2,1-2H3;(H2,1,2,3,4). The van der Waals surface area contributed by atoms with Crippen LogP contribution in [0, 0.1) is 5.41 Å². The highest BCUT2D eigenvalue weighted by atomic mass is 35.5. The lowest BCUT2D eigenvalue weighted by atomic mass is 9.71. The first-order valence-corrected chi connectivity index (χ1v) is 10.9. The maximum Gasteiger partial charge on any atom is 0.394 e. The molecule has 2 atom stereocenters. The summed E-state index contributed by atoms with van der Waals surface area (Å²) in [4.78, 5) is 0. The van der Waals surface area contributed by atoms with Crippen LogP contribution < -0.4 is 14.8 Å². The highest BCUT2D eigenvalue weighted by Crippen LogP contribution is 2.43. The SMILES string of the molecule is COc1ccc(C2CNCC2(CO)Cc2ccc(Cl)cc2)cc1OC.O=S(=O)(O)O. The summed E-state index contributed by atoms with van der Waals surface area (Å²) in [5.41, 5.74) is 2.06. The van der Waals surface area contributed by atoms with Crippen LogP contribution in [-0.2, 0) is 16.8 Å². The largest absolute Gasteiger partial charge is 0.493 e. The Morgan fingerprint density at radius 1 is 1.10 bits per heavy atom. The summed E-state index contributed by atoms with van der Waals surface area (Å²) in [6.45, 7) is 1.70. The number of rotatable bonds is 6. The lowest BCUT2D eigenvalue weighted by Gasteiger charge is -2.33. The van der Waals surface area contributed by atoms with Gasteiger partial charge in [-0.1, -0.05) is 29.8 Å². The van der Waals surface area contributed by atoms with Gasteiger partial charge in [0.15, 0.2) is 11.5 Å². The van der Waals surface area contributed by atoms with Crippen molar-refractivity contribution in [3.63, 3.8) is 0 Å². The van der Waals surface area contributed by atoms with E-state index in [1.54, 1.807) is 14.2 Å². The molecular formula is C20H26ClNO7S. The van der Waals surface area contributed by atoms with E-state index in [1.165, 1.54) is 5.56 Å². The molecule has 0 amide bonds. The third kappa shape index (κ3) is 6.56. The fraction of sp³-hybridized carbons (Fsp3) is 0.400. The van der Waals surface area contributed by atoms with Crippen LogP contribution in [0.3, 0.4) is 0 Å². The molecule has 0 saturated carbocycles. The molecule has 2 aromatic carbocycles. The molecular weight excluding hydrogens is 434 g/mol. The average Bonchev–Trinajstić information content (AvgIpc) is 3.12. The first-order chi connectivity index (χ1) is 14.1. The summed E-state index contributed by atoms with van der Waals surface area (Å²) in [5.74, 6) is 1.61. The molecule has 30 heavy (non-hydrogen) atoms. The molecule has 4 N–H and O–H groups in total. The molecule has 1 saturated heterocycles. The second-order valence-corrected chi connectivity index (χ2v) is 8.40. The van der Waals surface area contributed by atoms with Crippen LogP contribution in [0.4, 0.5) is 0 Å². The summed E-state index contributed by atoms with van der Waals surface area (Å²) in [6.07, 6.45) is 0.784. The van der Waals surface area contributed by atoms with Crippen LogP contribution in [0.5, 0.6) is 11.5 Å². The lowest BCUT2D eigenvalue weighted by Crippen LogP contribution is -2.35. The van der Waals surface area contributed by atoms with E-state index in [9.17, 15) is 5.11 Å². The van der Waals surface area contributed by atoms with Gasteiger partial charge in [0.25, 0.3) is 0 Å². The minimum absolute atomic E-state index is 0.113. The van der Waals surface area contributed by atoms with Gasteiger partial charge in [0.2, 0.25) is 0 Å². The first-order valence-electron chi connectivity index (χ1n) is 9.09. The van der Waals surface area contributed by atoms with Crippen molar-refractivity contribution in [2.45, 2.75) is 12.3 Å². The average molecular weight is 460 g/mol. The van der Waals surface area contributed by atoms with E-state index >= 15 is 0 Å². The van der Waals surface area contributed by atoms with Crippen LogP contribution in [0.1, 0.15) is 17.0 Å². The molecule has 166 valence electrons. The van der Waals surface area contributed by atoms with E-state index in [0.717, 1.165) is 30.1 Å². The normalized spacial score (nSPS) is 20.9. The van der Waals surface area contributed by atoms with Crippen LogP contribution in [-0.4, -0.2) is 56.5 Å². The summed E-state index contributed by atoms with van der Waals surface area (Å²) < 4.78 is 42.4. The zero-order chi connectivity index (χ0) is 22.4. The maximum atomic E-state index is 10.3. The fourth-order valence-electron chi connectivity index (χ4n) is 3.76. The first kappa shape index (κ1) is 24.4. The monoisotopic (exact) mass is 459 g/mol. The minimum Gasteiger partial charge on any atom is -0.493 e. The Bertz CT molecular complexity index is 929. The molecule has 8 nitrogen and oxygen atoms in total. The Hall–Kier alpha value is -1.88. The second kappa shape index (κ2) is 10.4. The van der Waals surface area contributed by atoms with E-state index in [0.29, 0.717) is 11.5 Å². The molecule has 2 aromatic rings. The van der Waals surface area contributed by atoms with Crippen LogP contribution >= 0.6 is 11.6 Å². The zero-order valence-corrected chi connectivity index (χ0v) is 18.3. The third-order valence-electron chi connectivity index (χ3n) is 5.16. The van der Waals surface area contributed by atoms with E-state index in [4.69, 9.17) is 38.6 Å². The van der Waals surface area contributed by atoms with Crippen molar-refractivity contribution < 1.29 is 32.1 Å².